The highest BCUT2D eigenvalue weighted by molar-refractivity contribution is 5.17. The average Bonchev–Trinajstić information content (AvgIpc) is 2.21. The molecule has 0 radical (unpaired) electrons. The van der Waals surface area contributed by atoms with Crippen molar-refractivity contribution in [2.75, 3.05) is 19.7 Å². The fourth-order valence-corrected chi connectivity index (χ4v) is 1.51. The van der Waals surface area contributed by atoms with Crippen LogP contribution in [0.25, 0.3) is 0 Å². The van der Waals surface area contributed by atoms with E-state index in [1.807, 2.05) is 0 Å². The van der Waals surface area contributed by atoms with Crippen LogP contribution in [0.15, 0.2) is 18.2 Å². The van der Waals surface area contributed by atoms with E-state index in [2.05, 4.69) is 0 Å². The maximum absolute atomic E-state index is 12.9. The molecule has 0 amide bonds. The summed E-state index contributed by atoms with van der Waals surface area (Å²) in [7, 11) is 0. The highest BCUT2D eigenvalue weighted by Crippen LogP contribution is 2.18. The Kier molecular flexibility index (Phi) is 5.03. The number of rotatable bonds is 5. The summed E-state index contributed by atoms with van der Waals surface area (Å²) in [5.74, 6) is -2.16. The van der Waals surface area contributed by atoms with Crippen molar-refractivity contribution < 1.29 is 27.1 Å². The molecule has 0 aromatic heterocycles. The predicted molar refractivity (Wildman–Crippen MR) is 54.8 cm³/mol. The Morgan fingerprint density at radius 1 is 1.11 bits per heavy atom. The molecule has 0 spiro atoms. The molecule has 0 heterocycles. The fraction of sp³-hybridized carbons (Fsp3) is 0.455. The third kappa shape index (κ3) is 4.97. The second-order valence-electron chi connectivity index (χ2n) is 3.80. The Morgan fingerprint density at radius 2 is 1.78 bits per heavy atom. The molecule has 2 nitrogen and oxygen atoms in total. The van der Waals surface area contributed by atoms with Gasteiger partial charge in [-0.15, -0.1) is 0 Å². The van der Waals surface area contributed by atoms with Crippen LogP contribution >= 0.6 is 0 Å². The molecule has 0 bridgehead atoms. The monoisotopic (exact) mass is 269 g/mol. The van der Waals surface area contributed by atoms with Gasteiger partial charge in [0.25, 0.3) is 0 Å². The van der Waals surface area contributed by atoms with Gasteiger partial charge in [0, 0.05) is 13.1 Å². The van der Waals surface area contributed by atoms with Gasteiger partial charge in [-0.3, -0.25) is 4.90 Å². The number of nitrogens with zero attached hydrogens (tertiary/aromatic N) is 1. The molecule has 0 unspecified atom stereocenters. The van der Waals surface area contributed by atoms with Gasteiger partial charge in [-0.05, 0) is 17.7 Å². The minimum Gasteiger partial charge on any atom is -0.395 e. The Bertz CT molecular complexity index is 394. The molecule has 0 atom stereocenters. The number of benzene rings is 1. The lowest BCUT2D eigenvalue weighted by atomic mass is 10.2. The Morgan fingerprint density at radius 3 is 2.28 bits per heavy atom. The van der Waals surface area contributed by atoms with Crippen LogP contribution in [0.2, 0.25) is 0 Å². The molecule has 0 aliphatic carbocycles. The summed E-state index contributed by atoms with van der Waals surface area (Å²) in [6.45, 7) is -2.07. The van der Waals surface area contributed by atoms with Gasteiger partial charge in [-0.1, -0.05) is 6.07 Å². The summed E-state index contributed by atoms with van der Waals surface area (Å²) in [5.41, 5.74) is 0.214. The first kappa shape index (κ1) is 14.8. The van der Waals surface area contributed by atoms with E-state index in [4.69, 9.17) is 5.11 Å². The van der Waals surface area contributed by atoms with Gasteiger partial charge in [0.05, 0.1) is 13.2 Å². The third-order valence-corrected chi connectivity index (χ3v) is 2.21. The van der Waals surface area contributed by atoms with Gasteiger partial charge < -0.3 is 5.11 Å². The SMILES string of the molecule is OCCN(Cc1ccc(F)c(F)c1)CC(F)(F)F. The van der Waals surface area contributed by atoms with Crippen molar-refractivity contribution in [3.8, 4) is 0 Å². The van der Waals surface area contributed by atoms with Crippen molar-refractivity contribution in [2.45, 2.75) is 12.7 Å². The minimum absolute atomic E-state index is 0.196. The number of hydrogen-bond donors (Lipinski definition) is 1. The molecule has 18 heavy (non-hydrogen) atoms. The van der Waals surface area contributed by atoms with E-state index >= 15 is 0 Å². The van der Waals surface area contributed by atoms with Crippen LogP contribution < -0.4 is 0 Å². The normalized spacial score (nSPS) is 12.2. The lowest BCUT2D eigenvalue weighted by Gasteiger charge is -2.22. The van der Waals surface area contributed by atoms with Gasteiger partial charge >= 0.3 is 6.18 Å². The molecule has 0 fully saturated rings. The second kappa shape index (κ2) is 6.10. The van der Waals surface area contributed by atoms with Gasteiger partial charge in [-0.2, -0.15) is 13.2 Å². The van der Waals surface area contributed by atoms with E-state index in [1.165, 1.54) is 6.07 Å². The smallest absolute Gasteiger partial charge is 0.395 e. The quantitative estimate of drug-likeness (QED) is 0.829. The summed E-state index contributed by atoms with van der Waals surface area (Å²) in [5, 5.41) is 8.67. The van der Waals surface area contributed by atoms with Crippen LogP contribution in [-0.4, -0.2) is 35.9 Å². The van der Waals surface area contributed by atoms with E-state index in [0.717, 1.165) is 17.0 Å². The summed E-state index contributed by atoms with van der Waals surface area (Å²) < 4.78 is 62.2. The van der Waals surface area contributed by atoms with Crippen molar-refractivity contribution in [2.24, 2.45) is 0 Å². The van der Waals surface area contributed by atoms with Crippen LogP contribution in [0.1, 0.15) is 5.56 Å². The summed E-state index contributed by atoms with van der Waals surface area (Å²) in [4.78, 5) is 0.909. The van der Waals surface area contributed by atoms with Gasteiger partial charge in [0.2, 0.25) is 0 Å². The molecule has 0 saturated carbocycles. The van der Waals surface area contributed by atoms with Gasteiger partial charge in [-0.25, -0.2) is 8.78 Å². The van der Waals surface area contributed by atoms with E-state index in [1.54, 1.807) is 0 Å². The van der Waals surface area contributed by atoms with Crippen molar-refractivity contribution in [1.29, 1.82) is 0 Å². The van der Waals surface area contributed by atoms with Crippen LogP contribution in [0.3, 0.4) is 0 Å². The van der Waals surface area contributed by atoms with E-state index < -0.39 is 31.0 Å². The Labute approximate surface area is 101 Å². The van der Waals surface area contributed by atoms with E-state index in [0.29, 0.717) is 0 Å². The van der Waals surface area contributed by atoms with Crippen molar-refractivity contribution >= 4 is 0 Å². The zero-order valence-electron chi connectivity index (χ0n) is 9.34. The van der Waals surface area contributed by atoms with Crippen LogP contribution in [0, 0.1) is 11.6 Å². The second-order valence-corrected chi connectivity index (χ2v) is 3.80. The molecular formula is C11H12F5NO. The first-order valence-corrected chi connectivity index (χ1v) is 5.15. The lowest BCUT2D eigenvalue weighted by molar-refractivity contribution is -0.147. The molecule has 1 aromatic rings. The van der Waals surface area contributed by atoms with Crippen molar-refractivity contribution in [3.63, 3.8) is 0 Å². The zero-order valence-corrected chi connectivity index (χ0v) is 9.34. The molecule has 1 N–H and O–H groups in total. The van der Waals surface area contributed by atoms with Crippen molar-refractivity contribution in [1.82, 2.24) is 4.90 Å². The van der Waals surface area contributed by atoms with Crippen LogP contribution in [0.5, 0.6) is 0 Å². The summed E-state index contributed by atoms with van der Waals surface area (Å²) >= 11 is 0. The average molecular weight is 269 g/mol. The lowest BCUT2D eigenvalue weighted by Crippen LogP contribution is -2.35. The Balaban J connectivity index is 2.73. The number of aliphatic hydroxyl groups excluding tert-OH is 1. The molecule has 1 rings (SSSR count). The summed E-state index contributed by atoms with van der Waals surface area (Å²) in [6, 6.07) is 2.91. The topological polar surface area (TPSA) is 23.5 Å². The molecule has 0 aliphatic rings. The molecular weight excluding hydrogens is 257 g/mol. The maximum atomic E-state index is 12.9. The number of aliphatic hydroxyl groups is 1. The molecule has 1 aromatic carbocycles. The highest BCUT2D eigenvalue weighted by Gasteiger charge is 2.30. The fourth-order valence-electron chi connectivity index (χ4n) is 1.51. The van der Waals surface area contributed by atoms with Crippen LogP contribution in [-0.2, 0) is 6.54 Å². The molecule has 102 valence electrons. The van der Waals surface area contributed by atoms with E-state index in [-0.39, 0.29) is 18.7 Å². The number of hydrogen-bond acceptors (Lipinski definition) is 2. The van der Waals surface area contributed by atoms with E-state index in [9.17, 15) is 22.0 Å². The number of halogens is 5. The maximum Gasteiger partial charge on any atom is 0.401 e. The Hall–Kier alpha value is -1.21. The predicted octanol–water partition coefficient (Wildman–Crippen LogP) is 2.32. The van der Waals surface area contributed by atoms with Gasteiger partial charge in [0.1, 0.15) is 0 Å². The largest absolute Gasteiger partial charge is 0.401 e. The standard InChI is InChI=1S/C11H12F5NO/c12-9-2-1-8(5-10(9)13)6-17(3-4-18)7-11(14,15)16/h1-2,5,18H,3-4,6-7H2. The van der Waals surface area contributed by atoms with Crippen molar-refractivity contribution in [3.05, 3.63) is 35.4 Å². The minimum atomic E-state index is -4.41. The number of alkyl halides is 3. The zero-order chi connectivity index (χ0) is 13.8. The first-order valence-electron chi connectivity index (χ1n) is 5.15. The summed E-state index contributed by atoms with van der Waals surface area (Å²) in [6.07, 6.45) is -4.41. The van der Waals surface area contributed by atoms with Crippen LogP contribution in [0.4, 0.5) is 22.0 Å². The third-order valence-electron chi connectivity index (χ3n) is 2.21. The first-order chi connectivity index (χ1) is 8.31. The molecule has 0 saturated heterocycles. The highest BCUT2D eigenvalue weighted by atomic mass is 19.4. The van der Waals surface area contributed by atoms with Gasteiger partial charge in [0.15, 0.2) is 11.6 Å². The molecule has 7 heteroatoms. The molecule has 0 aliphatic heterocycles.